The number of halogens is 3. The summed E-state index contributed by atoms with van der Waals surface area (Å²) in [6.45, 7) is 2.84. The summed E-state index contributed by atoms with van der Waals surface area (Å²) in [4.78, 5) is 2.55. The van der Waals surface area contributed by atoms with Crippen molar-refractivity contribution in [3.05, 3.63) is 59.3 Å². The molecular weight excluding hydrogens is 451 g/mol. The van der Waals surface area contributed by atoms with Crippen molar-refractivity contribution < 1.29 is 26.1 Å². The first-order chi connectivity index (χ1) is 14.7. The summed E-state index contributed by atoms with van der Waals surface area (Å²) < 4.78 is 70.3. The molecule has 1 N–H and O–H groups in total. The van der Waals surface area contributed by atoms with Crippen molar-refractivity contribution in [2.75, 3.05) is 19.6 Å². The van der Waals surface area contributed by atoms with Crippen LogP contribution in [0.1, 0.15) is 23.2 Å². The fourth-order valence-corrected chi connectivity index (χ4v) is 5.82. The van der Waals surface area contributed by atoms with Crippen LogP contribution in [0.4, 0.5) is 13.2 Å². The van der Waals surface area contributed by atoms with Crippen molar-refractivity contribution >= 4 is 21.4 Å². The van der Waals surface area contributed by atoms with Gasteiger partial charge in [0.15, 0.2) is 11.5 Å². The maximum atomic E-state index is 12.7. The number of nitrogens with zero attached hydrogens (tertiary/aromatic N) is 2. The first-order valence-electron chi connectivity index (χ1n) is 9.65. The predicted molar refractivity (Wildman–Crippen MR) is 110 cm³/mol. The van der Waals surface area contributed by atoms with E-state index in [9.17, 15) is 21.6 Å². The number of thiophene rings is 1. The molecule has 0 radical (unpaired) electrons. The molecule has 0 unspecified atom stereocenters. The minimum absolute atomic E-state index is 0.0133. The summed E-state index contributed by atoms with van der Waals surface area (Å²) in [5.41, 5.74) is 1.52. The van der Waals surface area contributed by atoms with Crippen LogP contribution in [0.25, 0.3) is 10.6 Å². The largest absolute Gasteiger partial charge is 0.436 e. The highest BCUT2D eigenvalue weighted by atomic mass is 32.2. The SMILES string of the molecule is O=S(=O)(NCCCN1CCc2ccccc2C1)c1ccc(-c2cc(C(F)(F)F)no2)s1. The summed E-state index contributed by atoms with van der Waals surface area (Å²) in [6, 6.07) is 11.8. The van der Waals surface area contributed by atoms with Gasteiger partial charge in [-0.15, -0.1) is 11.3 Å². The Balaban J connectivity index is 1.30. The maximum Gasteiger partial charge on any atom is 0.436 e. The van der Waals surface area contributed by atoms with Crippen molar-refractivity contribution in [3.8, 4) is 10.6 Å². The fourth-order valence-electron chi connectivity index (χ4n) is 3.45. The van der Waals surface area contributed by atoms with Crippen LogP contribution in [0.2, 0.25) is 0 Å². The number of rotatable bonds is 7. The number of benzene rings is 1. The third-order valence-corrected chi connectivity index (χ3v) is 8.10. The predicted octanol–water partition coefficient (Wildman–Crippen LogP) is 4.15. The quantitative estimate of drug-likeness (QED) is 0.524. The second-order valence-electron chi connectivity index (χ2n) is 7.24. The third kappa shape index (κ3) is 5.17. The van der Waals surface area contributed by atoms with Crippen LogP contribution in [-0.2, 0) is 29.2 Å². The van der Waals surface area contributed by atoms with E-state index in [1.54, 1.807) is 0 Å². The monoisotopic (exact) mass is 471 g/mol. The molecule has 166 valence electrons. The van der Waals surface area contributed by atoms with Gasteiger partial charge >= 0.3 is 6.18 Å². The zero-order valence-corrected chi connectivity index (χ0v) is 18.0. The fraction of sp³-hybridized carbons (Fsp3) is 0.350. The van der Waals surface area contributed by atoms with Crippen LogP contribution in [0, 0.1) is 0 Å². The lowest BCUT2D eigenvalue weighted by atomic mass is 10.00. The molecule has 0 spiro atoms. The van der Waals surface area contributed by atoms with Crippen LogP contribution < -0.4 is 4.72 Å². The van der Waals surface area contributed by atoms with E-state index in [0.717, 1.165) is 43.5 Å². The molecule has 31 heavy (non-hydrogen) atoms. The van der Waals surface area contributed by atoms with Gasteiger partial charge in [-0.1, -0.05) is 29.4 Å². The van der Waals surface area contributed by atoms with E-state index in [1.165, 1.54) is 23.3 Å². The molecule has 3 aromatic rings. The number of alkyl halides is 3. The minimum atomic E-state index is -4.62. The zero-order valence-electron chi connectivity index (χ0n) is 16.4. The number of aromatic nitrogens is 1. The Labute approximate surface area is 181 Å². The van der Waals surface area contributed by atoms with Gasteiger partial charge in [-0.2, -0.15) is 13.2 Å². The normalized spacial score (nSPS) is 15.2. The van der Waals surface area contributed by atoms with E-state index >= 15 is 0 Å². The van der Waals surface area contributed by atoms with Crippen LogP contribution in [-0.4, -0.2) is 38.1 Å². The Kier molecular flexibility index (Phi) is 6.20. The molecule has 0 saturated heterocycles. The van der Waals surface area contributed by atoms with Gasteiger partial charge in [0.05, 0.1) is 4.88 Å². The van der Waals surface area contributed by atoms with Crippen molar-refractivity contribution in [2.45, 2.75) is 29.8 Å². The van der Waals surface area contributed by atoms with Crippen molar-refractivity contribution in [3.63, 3.8) is 0 Å². The summed E-state index contributed by atoms with van der Waals surface area (Å²) in [5.74, 6) is -0.121. The molecule has 3 heterocycles. The molecule has 0 fully saturated rings. The van der Waals surface area contributed by atoms with Gasteiger partial charge in [0.2, 0.25) is 10.0 Å². The highest BCUT2D eigenvalue weighted by molar-refractivity contribution is 7.91. The lowest BCUT2D eigenvalue weighted by molar-refractivity contribution is -0.142. The summed E-state index contributed by atoms with van der Waals surface area (Å²) in [5, 5.41) is 2.99. The van der Waals surface area contributed by atoms with Crippen molar-refractivity contribution in [1.29, 1.82) is 0 Å². The smallest absolute Gasteiger partial charge is 0.355 e. The Morgan fingerprint density at radius 1 is 1.16 bits per heavy atom. The molecule has 11 heteroatoms. The van der Waals surface area contributed by atoms with Crippen LogP contribution >= 0.6 is 11.3 Å². The number of sulfonamides is 1. The van der Waals surface area contributed by atoms with Crippen molar-refractivity contribution in [2.24, 2.45) is 0 Å². The Hall–Kier alpha value is -2.21. The van der Waals surface area contributed by atoms with E-state index in [1.807, 2.05) is 12.1 Å². The van der Waals surface area contributed by atoms with E-state index in [2.05, 4.69) is 26.9 Å². The van der Waals surface area contributed by atoms with Crippen LogP contribution in [0.5, 0.6) is 0 Å². The van der Waals surface area contributed by atoms with Gasteiger partial charge in [0.25, 0.3) is 0 Å². The summed E-state index contributed by atoms with van der Waals surface area (Å²) in [6.07, 6.45) is -2.99. The molecule has 0 atom stereocenters. The number of hydrogen-bond donors (Lipinski definition) is 1. The second kappa shape index (κ2) is 8.73. The molecule has 0 bridgehead atoms. The highest BCUT2D eigenvalue weighted by Gasteiger charge is 2.35. The number of fused-ring (bicyclic) bond motifs is 1. The van der Waals surface area contributed by atoms with Gasteiger partial charge in [0.1, 0.15) is 4.21 Å². The van der Waals surface area contributed by atoms with E-state index in [4.69, 9.17) is 4.52 Å². The Bertz CT molecular complexity index is 1160. The molecular formula is C20H20F3N3O3S2. The van der Waals surface area contributed by atoms with Crippen LogP contribution in [0.3, 0.4) is 0 Å². The lowest BCUT2D eigenvalue weighted by Crippen LogP contribution is -2.33. The average Bonchev–Trinajstić information content (AvgIpc) is 3.40. The molecule has 0 aliphatic carbocycles. The number of hydrogen-bond acceptors (Lipinski definition) is 6. The molecule has 1 aliphatic rings. The molecule has 1 aliphatic heterocycles. The molecule has 1 aromatic carbocycles. The first-order valence-corrected chi connectivity index (χ1v) is 12.0. The highest BCUT2D eigenvalue weighted by Crippen LogP contribution is 2.35. The topological polar surface area (TPSA) is 75.4 Å². The molecule has 4 rings (SSSR count). The summed E-state index contributed by atoms with van der Waals surface area (Å²) in [7, 11) is -3.75. The summed E-state index contributed by atoms with van der Waals surface area (Å²) >= 11 is 0.833. The Morgan fingerprint density at radius 3 is 2.68 bits per heavy atom. The third-order valence-electron chi connectivity index (χ3n) is 5.04. The van der Waals surface area contributed by atoms with E-state index in [0.29, 0.717) is 6.42 Å². The lowest BCUT2D eigenvalue weighted by Gasteiger charge is -2.28. The van der Waals surface area contributed by atoms with Gasteiger partial charge in [-0.25, -0.2) is 13.1 Å². The van der Waals surface area contributed by atoms with Crippen molar-refractivity contribution in [1.82, 2.24) is 14.8 Å². The van der Waals surface area contributed by atoms with Gasteiger partial charge in [-0.3, -0.25) is 4.90 Å². The van der Waals surface area contributed by atoms with E-state index in [-0.39, 0.29) is 21.4 Å². The molecule has 0 saturated carbocycles. The molecule has 6 nitrogen and oxygen atoms in total. The van der Waals surface area contributed by atoms with Gasteiger partial charge < -0.3 is 4.52 Å². The maximum absolute atomic E-state index is 12.7. The average molecular weight is 472 g/mol. The Morgan fingerprint density at radius 2 is 1.94 bits per heavy atom. The molecule has 0 amide bonds. The number of nitrogens with one attached hydrogen (secondary N) is 1. The van der Waals surface area contributed by atoms with Gasteiger partial charge in [0, 0.05) is 25.7 Å². The second-order valence-corrected chi connectivity index (χ2v) is 10.3. The van der Waals surface area contributed by atoms with Crippen LogP contribution in [0.15, 0.2) is 51.2 Å². The minimum Gasteiger partial charge on any atom is -0.355 e. The van der Waals surface area contributed by atoms with E-state index < -0.39 is 21.9 Å². The molecule has 2 aromatic heterocycles. The first kappa shape index (κ1) is 22.0. The van der Waals surface area contributed by atoms with Gasteiger partial charge in [-0.05, 0) is 42.6 Å². The zero-order chi connectivity index (χ0) is 22.1. The standard InChI is InChI=1S/C20H20F3N3O3S2/c21-20(22,23)18-12-16(29-25-18)17-6-7-19(30-17)31(27,28)24-9-3-10-26-11-8-14-4-1-2-5-15(14)13-26/h1-2,4-7,12,24H,3,8-11,13H2.